The number of rotatable bonds is 4. The maximum absolute atomic E-state index is 13.5. The van der Waals surface area contributed by atoms with Crippen LogP contribution in [0.15, 0.2) is 63.9 Å². The number of allylic oxidation sites excluding steroid dienone is 1. The monoisotopic (exact) mass is 475 g/mol. The Hall–Kier alpha value is -3.98. The first kappa shape index (κ1) is 21.8. The lowest BCUT2D eigenvalue weighted by Gasteiger charge is -2.22. The van der Waals surface area contributed by atoms with Crippen molar-refractivity contribution in [2.75, 3.05) is 19.0 Å². The quantitative estimate of drug-likeness (QED) is 0.584. The summed E-state index contributed by atoms with van der Waals surface area (Å²) in [5.74, 6) is -0.196. The summed E-state index contributed by atoms with van der Waals surface area (Å²) >= 11 is 1.14. The molecule has 3 heterocycles. The number of thiazole rings is 1. The van der Waals surface area contributed by atoms with E-state index in [1.165, 1.54) is 4.57 Å². The number of para-hydroxylation sites is 1. The summed E-state index contributed by atoms with van der Waals surface area (Å²) in [6.07, 6.45) is 0. The number of carbonyl (C=O) groups excluding carboxylic acids is 2. The Morgan fingerprint density at radius 2 is 1.88 bits per heavy atom. The zero-order valence-corrected chi connectivity index (χ0v) is 19.6. The third kappa shape index (κ3) is 3.36. The summed E-state index contributed by atoms with van der Waals surface area (Å²) in [5, 5.41) is 2.81. The van der Waals surface area contributed by atoms with Gasteiger partial charge in [0.05, 0.1) is 24.9 Å². The fraction of sp³-hybridized carbons (Fsp3) is 0.200. The zero-order valence-electron chi connectivity index (χ0n) is 18.7. The van der Waals surface area contributed by atoms with Crippen LogP contribution in [0.4, 0.5) is 5.69 Å². The van der Waals surface area contributed by atoms with E-state index in [1.807, 2.05) is 24.3 Å². The van der Waals surface area contributed by atoms with Gasteiger partial charge in [0.1, 0.15) is 16.3 Å². The van der Waals surface area contributed by atoms with Crippen LogP contribution in [0.5, 0.6) is 5.75 Å². The number of nitrogens with one attached hydrogen (secondary N) is 1. The Labute approximate surface area is 198 Å². The Kier molecular flexibility index (Phi) is 5.41. The molecule has 1 atom stereocenters. The SMILES string of the molecule is CCOC(=O)C1=C(C)n2c(s/c(=C3/C(=O)Nc4ccccc43)c2=O)=NC1c1ccc(OC)cc1. The highest BCUT2D eigenvalue weighted by Crippen LogP contribution is 2.33. The van der Waals surface area contributed by atoms with Crippen molar-refractivity contribution >= 4 is 40.2 Å². The lowest BCUT2D eigenvalue weighted by Crippen LogP contribution is -2.36. The number of aromatic nitrogens is 1. The van der Waals surface area contributed by atoms with Gasteiger partial charge in [-0.1, -0.05) is 41.7 Å². The van der Waals surface area contributed by atoms with E-state index in [1.54, 1.807) is 45.2 Å². The van der Waals surface area contributed by atoms with E-state index in [0.29, 0.717) is 33.1 Å². The van der Waals surface area contributed by atoms with Crippen LogP contribution in [-0.2, 0) is 14.3 Å². The predicted molar refractivity (Wildman–Crippen MR) is 128 cm³/mol. The van der Waals surface area contributed by atoms with Gasteiger partial charge in [0.2, 0.25) is 0 Å². The van der Waals surface area contributed by atoms with E-state index in [-0.39, 0.29) is 22.6 Å². The molecule has 2 aliphatic heterocycles. The zero-order chi connectivity index (χ0) is 24.0. The van der Waals surface area contributed by atoms with Crippen LogP contribution < -0.4 is 24.9 Å². The van der Waals surface area contributed by atoms with Crippen LogP contribution in [0.2, 0.25) is 0 Å². The van der Waals surface area contributed by atoms with Gasteiger partial charge in [-0.05, 0) is 37.6 Å². The Morgan fingerprint density at radius 1 is 1.15 bits per heavy atom. The fourth-order valence-electron chi connectivity index (χ4n) is 4.24. The number of anilines is 1. The minimum absolute atomic E-state index is 0.191. The lowest BCUT2D eigenvalue weighted by atomic mass is 9.96. The third-order valence-electron chi connectivity index (χ3n) is 5.85. The van der Waals surface area contributed by atoms with Gasteiger partial charge < -0.3 is 14.8 Å². The molecule has 34 heavy (non-hydrogen) atoms. The van der Waals surface area contributed by atoms with Crippen LogP contribution >= 0.6 is 11.3 Å². The van der Waals surface area contributed by atoms with Crippen molar-refractivity contribution in [1.82, 2.24) is 4.57 Å². The normalized spacial score (nSPS) is 18.1. The van der Waals surface area contributed by atoms with Gasteiger partial charge >= 0.3 is 5.97 Å². The summed E-state index contributed by atoms with van der Waals surface area (Å²) in [6.45, 7) is 3.62. The molecule has 0 spiro atoms. The molecule has 8 nitrogen and oxygen atoms in total. The van der Waals surface area contributed by atoms with Gasteiger partial charge in [0.15, 0.2) is 4.80 Å². The third-order valence-corrected chi connectivity index (χ3v) is 6.90. The van der Waals surface area contributed by atoms with Crippen molar-refractivity contribution in [1.29, 1.82) is 0 Å². The molecule has 2 aromatic carbocycles. The summed E-state index contributed by atoms with van der Waals surface area (Å²) < 4.78 is 12.2. The van der Waals surface area contributed by atoms with Crippen LogP contribution in [0.25, 0.3) is 11.3 Å². The molecule has 0 fully saturated rings. The second kappa shape index (κ2) is 8.42. The number of nitrogens with zero attached hydrogens (tertiary/aromatic N) is 2. The van der Waals surface area contributed by atoms with Gasteiger partial charge in [-0.25, -0.2) is 9.79 Å². The second-order valence-corrected chi connectivity index (χ2v) is 8.73. The number of carbonyl (C=O) groups is 2. The standard InChI is InChI=1S/C25H21N3O5S/c1-4-33-24(31)18-13(2)28-23(30)21(19-16-7-5-6-8-17(16)26-22(19)29)34-25(28)27-20(18)14-9-11-15(32-3)12-10-14/h5-12,20H,4H2,1-3H3,(H,26,29)/b21-19+. The minimum Gasteiger partial charge on any atom is -0.497 e. The summed E-state index contributed by atoms with van der Waals surface area (Å²) in [4.78, 5) is 44.5. The van der Waals surface area contributed by atoms with E-state index in [9.17, 15) is 14.4 Å². The Morgan fingerprint density at radius 3 is 2.59 bits per heavy atom. The van der Waals surface area contributed by atoms with E-state index < -0.39 is 17.6 Å². The smallest absolute Gasteiger partial charge is 0.338 e. The lowest BCUT2D eigenvalue weighted by molar-refractivity contribution is -0.138. The van der Waals surface area contributed by atoms with Crippen LogP contribution in [0, 0.1) is 0 Å². The maximum Gasteiger partial charge on any atom is 0.338 e. The molecule has 1 N–H and O–H groups in total. The van der Waals surface area contributed by atoms with Gasteiger partial charge in [-0.3, -0.25) is 14.2 Å². The number of fused-ring (bicyclic) bond motifs is 2. The van der Waals surface area contributed by atoms with E-state index >= 15 is 0 Å². The van der Waals surface area contributed by atoms with Crippen LogP contribution in [0.3, 0.4) is 0 Å². The first-order valence-electron chi connectivity index (χ1n) is 10.7. The Balaban J connectivity index is 1.79. The van der Waals surface area contributed by atoms with Crippen molar-refractivity contribution in [3.05, 3.63) is 84.9 Å². The second-order valence-electron chi connectivity index (χ2n) is 7.75. The summed E-state index contributed by atoms with van der Waals surface area (Å²) in [5.41, 5.74) is 2.73. The number of hydrogen-bond acceptors (Lipinski definition) is 7. The van der Waals surface area contributed by atoms with Crippen LogP contribution in [0.1, 0.15) is 31.0 Å². The molecule has 5 rings (SSSR count). The molecule has 0 aliphatic carbocycles. The van der Waals surface area contributed by atoms with Gasteiger partial charge in [-0.15, -0.1) is 0 Å². The summed E-state index contributed by atoms with van der Waals surface area (Å²) in [7, 11) is 1.58. The van der Waals surface area contributed by atoms with Crippen molar-refractivity contribution in [3.8, 4) is 5.75 Å². The average Bonchev–Trinajstić information content (AvgIpc) is 3.34. The topological polar surface area (TPSA) is 99.0 Å². The number of esters is 1. The van der Waals surface area contributed by atoms with Gasteiger partial charge in [0, 0.05) is 16.9 Å². The predicted octanol–water partition coefficient (Wildman–Crippen LogP) is 2.24. The van der Waals surface area contributed by atoms with Crippen molar-refractivity contribution in [3.63, 3.8) is 0 Å². The molecule has 2 aliphatic rings. The molecule has 1 unspecified atom stereocenters. The Bertz CT molecular complexity index is 1550. The molecule has 1 aromatic heterocycles. The molecule has 3 aromatic rings. The van der Waals surface area contributed by atoms with E-state index in [4.69, 9.17) is 14.5 Å². The average molecular weight is 476 g/mol. The molecule has 1 amide bonds. The number of ether oxygens (including phenoxy) is 2. The van der Waals surface area contributed by atoms with Crippen molar-refractivity contribution in [2.24, 2.45) is 4.99 Å². The number of methoxy groups -OCH3 is 1. The molecule has 172 valence electrons. The molecular weight excluding hydrogens is 454 g/mol. The number of hydrogen-bond donors (Lipinski definition) is 1. The minimum atomic E-state index is -0.662. The molecule has 9 heteroatoms. The largest absolute Gasteiger partial charge is 0.497 e. The molecule has 0 radical (unpaired) electrons. The highest BCUT2D eigenvalue weighted by molar-refractivity contribution is 7.07. The number of amides is 1. The highest BCUT2D eigenvalue weighted by Gasteiger charge is 2.33. The highest BCUT2D eigenvalue weighted by atomic mass is 32.1. The van der Waals surface area contributed by atoms with Gasteiger partial charge in [0.25, 0.3) is 11.5 Å². The fourth-order valence-corrected chi connectivity index (χ4v) is 5.37. The van der Waals surface area contributed by atoms with Crippen molar-refractivity contribution < 1.29 is 19.1 Å². The van der Waals surface area contributed by atoms with E-state index in [2.05, 4.69) is 5.32 Å². The molecule has 0 saturated carbocycles. The van der Waals surface area contributed by atoms with Crippen molar-refractivity contribution in [2.45, 2.75) is 19.9 Å². The maximum atomic E-state index is 13.5. The van der Waals surface area contributed by atoms with E-state index in [0.717, 1.165) is 16.9 Å². The molecule has 0 bridgehead atoms. The van der Waals surface area contributed by atoms with Gasteiger partial charge in [-0.2, -0.15) is 0 Å². The first-order valence-corrected chi connectivity index (χ1v) is 11.5. The molecular formula is C25H21N3O5S. The summed E-state index contributed by atoms with van der Waals surface area (Å²) in [6, 6.07) is 13.8. The number of benzene rings is 2. The molecule has 0 saturated heterocycles. The van der Waals surface area contributed by atoms with Crippen LogP contribution in [-0.4, -0.2) is 30.2 Å². The first-order chi connectivity index (χ1) is 16.4.